The predicted octanol–water partition coefficient (Wildman–Crippen LogP) is 5.74. The van der Waals surface area contributed by atoms with Gasteiger partial charge in [-0.25, -0.2) is 0 Å². The third-order valence-corrected chi connectivity index (χ3v) is 4.71. The van der Waals surface area contributed by atoms with E-state index in [1.165, 1.54) is 0 Å². The van der Waals surface area contributed by atoms with E-state index in [1.54, 1.807) is 36.4 Å². The first-order chi connectivity index (χ1) is 9.95. The van der Waals surface area contributed by atoms with Gasteiger partial charge in [-0.1, -0.05) is 40.9 Å². The van der Waals surface area contributed by atoms with E-state index in [9.17, 15) is 10.1 Å². The molecule has 6 heteroatoms. The molecule has 0 aliphatic carbocycles. The number of Topliss-reactive ketones (excluding diaryl/α,β-unsaturated/α-hetero) is 1. The summed E-state index contributed by atoms with van der Waals surface area (Å²) in [6, 6.07) is 11.8. The van der Waals surface area contributed by atoms with Gasteiger partial charge in [0.2, 0.25) is 0 Å². The third-order valence-electron chi connectivity index (χ3n) is 2.87. The zero-order chi connectivity index (χ0) is 15.6. The van der Waals surface area contributed by atoms with Crippen LogP contribution in [0.5, 0.6) is 0 Å². The number of ketones is 1. The molecular weight excluding hydrogens is 443 g/mol. The topological polar surface area (TPSA) is 40.9 Å². The summed E-state index contributed by atoms with van der Waals surface area (Å²) in [6.07, 6.45) is 0. The van der Waals surface area contributed by atoms with Crippen molar-refractivity contribution in [3.8, 4) is 6.07 Å². The highest BCUT2D eigenvalue weighted by molar-refractivity contribution is 14.1. The van der Waals surface area contributed by atoms with Crippen molar-refractivity contribution in [1.82, 2.24) is 0 Å². The first kappa shape index (κ1) is 16.6. The van der Waals surface area contributed by atoms with Gasteiger partial charge < -0.3 is 0 Å². The molecule has 0 aliphatic rings. The van der Waals surface area contributed by atoms with Gasteiger partial charge in [0.25, 0.3) is 0 Å². The summed E-state index contributed by atoms with van der Waals surface area (Å²) in [5.74, 6) is -1.45. The molecule has 0 spiro atoms. The van der Waals surface area contributed by atoms with Crippen LogP contribution in [0.15, 0.2) is 36.4 Å². The lowest BCUT2D eigenvalue weighted by molar-refractivity contribution is 0.0978. The number of halogens is 4. The number of carbonyl (C=O) groups excluding carboxylic acids is 1. The second kappa shape index (κ2) is 6.97. The second-order valence-electron chi connectivity index (χ2n) is 4.19. The van der Waals surface area contributed by atoms with Crippen molar-refractivity contribution in [1.29, 1.82) is 5.26 Å². The van der Waals surface area contributed by atoms with E-state index in [1.807, 2.05) is 28.7 Å². The summed E-state index contributed by atoms with van der Waals surface area (Å²) >= 11 is 20.1. The van der Waals surface area contributed by atoms with E-state index in [-0.39, 0.29) is 5.78 Å². The quantitative estimate of drug-likeness (QED) is 0.442. The fraction of sp³-hybridized carbons (Fsp3) is 0.0667. The summed E-state index contributed by atoms with van der Waals surface area (Å²) in [6.45, 7) is 0. The molecule has 1 unspecified atom stereocenters. The fourth-order valence-electron chi connectivity index (χ4n) is 1.88. The predicted molar refractivity (Wildman–Crippen MR) is 93.3 cm³/mol. The molecule has 106 valence electrons. The van der Waals surface area contributed by atoms with E-state index < -0.39 is 5.92 Å². The molecule has 1 atom stereocenters. The monoisotopic (exact) mass is 449 g/mol. The Morgan fingerprint density at radius 2 is 1.76 bits per heavy atom. The van der Waals surface area contributed by atoms with Crippen LogP contribution < -0.4 is 0 Å². The lowest BCUT2D eigenvalue weighted by Crippen LogP contribution is -2.13. The van der Waals surface area contributed by atoms with Crippen LogP contribution in [0, 0.1) is 14.9 Å². The molecule has 2 nitrogen and oxygen atoms in total. The van der Waals surface area contributed by atoms with Crippen molar-refractivity contribution in [2.24, 2.45) is 0 Å². The van der Waals surface area contributed by atoms with Crippen molar-refractivity contribution in [2.45, 2.75) is 5.92 Å². The van der Waals surface area contributed by atoms with Crippen LogP contribution >= 0.6 is 57.4 Å². The van der Waals surface area contributed by atoms with E-state index >= 15 is 0 Å². The molecule has 0 amide bonds. The van der Waals surface area contributed by atoms with Crippen LogP contribution in [-0.4, -0.2) is 5.78 Å². The van der Waals surface area contributed by atoms with Gasteiger partial charge in [0.15, 0.2) is 5.78 Å². The van der Waals surface area contributed by atoms with Crippen molar-refractivity contribution >= 4 is 63.2 Å². The maximum atomic E-state index is 12.7. The molecule has 0 heterocycles. The standard InChI is InChI=1S/C15H7Cl3INO/c16-8-4-5-13(19)9(6-8)15(21)10(7-20)14-11(17)2-1-3-12(14)18/h1-6,10H. The largest absolute Gasteiger partial charge is 0.292 e. The minimum absolute atomic E-state index is 0.291. The molecule has 0 bridgehead atoms. The molecule has 0 saturated carbocycles. The molecule has 0 aromatic heterocycles. The Morgan fingerprint density at radius 3 is 2.33 bits per heavy atom. The average molecular weight is 450 g/mol. The maximum Gasteiger partial charge on any atom is 0.185 e. The fourth-order valence-corrected chi connectivity index (χ4v) is 3.27. The SMILES string of the molecule is N#CC(C(=O)c1cc(Cl)ccc1I)c1c(Cl)cccc1Cl. The summed E-state index contributed by atoms with van der Waals surface area (Å²) in [7, 11) is 0. The Bertz CT molecular complexity index is 735. The lowest BCUT2D eigenvalue weighted by atomic mass is 9.92. The average Bonchev–Trinajstić information content (AvgIpc) is 2.45. The van der Waals surface area contributed by atoms with Crippen LogP contribution in [-0.2, 0) is 0 Å². The van der Waals surface area contributed by atoms with Gasteiger partial charge in [-0.05, 0) is 52.9 Å². The van der Waals surface area contributed by atoms with Crippen molar-refractivity contribution in [2.75, 3.05) is 0 Å². The smallest absolute Gasteiger partial charge is 0.185 e. The molecule has 0 aliphatic heterocycles. The molecule has 0 fully saturated rings. The lowest BCUT2D eigenvalue weighted by Gasteiger charge is -2.13. The molecular formula is C15H7Cl3INO. The van der Waals surface area contributed by atoms with Crippen LogP contribution in [0.4, 0.5) is 0 Å². The van der Waals surface area contributed by atoms with Crippen molar-refractivity contribution < 1.29 is 4.79 Å². The van der Waals surface area contributed by atoms with Crippen LogP contribution in [0.3, 0.4) is 0 Å². The molecule has 21 heavy (non-hydrogen) atoms. The van der Waals surface area contributed by atoms with E-state index in [4.69, 9.17) is 34.8 Å². The third kappa shape index (κ3) is 3.51. The minimum Gasteiger partial charge on any atom is -0.292 e. The van der Waals surface area contributed by atoms with E-state index in [2.05, 4.69) is 0 Å². The summed E-state index contributed by atoms with van der Waals surface area (Å²) in [5.41, 5.74) is 0.703. The van der Waals surface area contributed by atoms with Gasteiger partial charge in [0, 0.05) is 29.8 Å². The van der Waals surface area contributed by atoms with Gasteiger partial charge in [-0.2, -0.15) is 5.26 Å². The van der Waals surface area contributed by atoms with Gasteiger partial charge in [0.1, 0.15) is 5.92 Å². The number of benzene rings is 2. The highest BCUT2D eigenvalue weighted by Gasteiger charge is 2.27. The Hall–Kier alpha value is -0.800. The number of nitriles is 1. The second-order valence-corrected chi connectivity index (χ2v) is 6.60. The number of nitrogens with zero attached hydrogens (tertiary/aromatic N) is 1. The zero-order valence-electron chi connectivity index (χ0n) is 10.4. The van der Waals surface area contributed by atoms with Crippen molar-refractivity contribution in [3.05, 3.63) is 66.2 Å². The Morgan fingerprint density at radius 1 is 1.14 bits per heavy atom. The number of hydrogen-bond donors (Lipinski definition) is 0. The molecule has 2 aromatic carbocycles. The molecule has 0 N–H and O–H groups in total. The van der Waals surface area contributed by atoms with Crippen molar-refractivity contribution in [3.63, 3.8) is 0 Å². The van der Waals surface area contributed by atoms with Gasteiger partial charge in [-0.15, -0.1) is 0 Å². The zero-order valence-corrected chi connectivity index (χ0v) is 14.8. The first-order valence-electron chi connectivity index (χ1n) is 5.78. The number of carbonyl (C=O) groups is 1. The van der Waals surface area contributed by atoms with Crippen LogP contribution in [0.1, 0.15) is 21.8 Å². The van der Waals surface area contributed by atoms with Crippen LogP contribution in [0.25, 0.3) is 0 Å². The number of rotatable bonds is 3. The first-order valence-corrected chi connectivity index (χ1v) is 7.99. The molecule has 0 saturated heterocycles. The summed E-state index contributed by atoms with van der Waals surface area (Å²) in [5, 5.41) is 10.4. The summed E-state index contributed by atoms with van der Waals surface area (Å²) in [4.78, 5) is 12.7. The van der Waals surface area contributed by atoms with E-state index in [0.717, 1.165) is 0 Å². The number of hydrogen-bond acceptors (Lipinski definition) is 2. The van der Waals surface area contributed by atoms with E-state index in [0.29, 0.717) is 29.8 Å². The summed E-state index contributed by atoms with van der Waals surface area (Å²) < 4.78 is 0.713. The highest BCUT2D eigenvalue weighted by Crippen LogP contribution is 2.34. The van der Waals surface area contributed by atoms with Gasteiger partial charge in [0.05, 0.1) is 6.07 Å². The molecule has 0 radical (unpaired) electrons. The maximum absolute atomic E-state index is 12.7. The Labute approximate surface area is 150 Å². The van der Waals surface area contributed by atoms with Gasteiger partial charge >= 0.3 is 0 Å². The Kier molecular flexibility index (Phi) is 5.50. The van der Waals surface area contributed by atoms with Crippen LogP contribution in [0.2, 0.25) is 15.1 Å². The van der Waals surface area contributed by atoms with Gasteiger partial charge in [-0.3, -0.25) is 4.79 Å². The molecule has 2 rings (SSSR count). The Balaban J connectivity index is 2.55. The molecule has 2 aromatic rings. The minimum atomic E-state index is -1.07. The normalized spacial score (nSPS) is 11.8. The highest BCUT2D eigenvalue weighted by atomic mass is 127.